The quantitative estimate of drug-likeness (QED) is 0.704. The Balaban J connectivity index is 1.56. The molecule has 1 N–H and O–H groups in total. The maximum atomic E-state index is 13.2. The number of aliphatic hydroxyl groups is 1. The van der Waals surface area contributed by atoms with E-state index in [1.165, 1.54) is 12.8 Å². The van der Waals surface area contributed by atoms with E-state index >= 15 is 0 Å². The van der Waals surface area contributed by atoms with Crippen molar-refractivity contribution in [3.63, 3.8) is 0 Å². The summed E-state index contributed by atoms with van der Waals surface area (Å²) in [6.45, 7) is 12.3. The van der Waals surface area contributed by atoms with Crippen LogP contribution in [-0.4, -0.2) is 33.8 Å². The summed E-state index contributed by atoms with van der Waals surface area (Å²) >= 11 is 0. The van der Waals surface area contributed by atoms with Gasteiger partial charge in [0.25, 0.3) is 0 Å². The Hall–Kier alpha value is -1.39. The fourth-order valence-corrected chi connectivity index (χ4v) is 6.85. The Kier molecular flexibility index (Phi) is 3.95. The molecule has 0 bridgehead atoms. The molecule has 29 heavy (non-hydrogen) atoms. The smallest absolute Gasteiger partial charge is 0.188 e. The summed E-state index contributed by atoms with van der Waals surface area (Å²) in [5.41, 5.74) is 0.222. The fourth-order valence-electron chi connectivity index (χ4n) is 6.85. The maximum Gasteiger partial charge on any atom is 0.188 e. The number of carbonyl (C=O) groups is 1. The van der Waals surface area contributed by atoms with Crippen LogP contribution < -0.4 is 0 Å². The minimum atomic E-state index is -0.837. The van der Waals surface area contributed by atoms with Crippen LogP contribution in [0.1, 0.15) is 72.6 Å². The zero-order chi connectivity index (χ0) is 20.8. The van der Waals surface area contributed by atoms with E-state index in [1.54, 1.807) is 6.08 Å². The predicted molar refractivity (Wildman–Crippen MR) is 111 cm³/mol. The summed E-state index contributed by atoms with van der Waals surface area (Å²) in [5, 5.41) is 10.7. The molecule has 0 unspecified atom stereocenters. The van der Waals surface area contributed by atoms with Gasteiger partial charge in [0.15, 0.2) is 5.78 Å². The summed E-state index contributed by atoms with van der Waals surface area (Å²) in [6, 6.07) is 0. The normalized spacial score (nSPS) is 44.8. The maximum absolute atomic E-state index is 13.2. The highest BCUT2D eigenvalue weighted by atomic mass is 16.6. The van der Waals surface area contributed by atoms with Gasteiger partial charge in [0.2, 0.25) is 0 Å². The molecule has 3 fully saturated rings. The topological polar surface area (TPSA) is 55.8 Å². The predicted octanol–water partition coefficient (Wildman–Crippen LogP) is 4.63. The average Bonchev–Trinajstić information content (AvgIpc) is 3.28. The first-order valence-electron chi connectivity index (χ1n) is 11.3. The van der Waals surface area contributed by atoms with Crippen LogP contribution in [0.5, 0.6) is 0 Å². The number of ketones is 1. The van der Waals surface area contributed by atoms with Crippen LogP contribution in [0.3, 0.4) is 0 Å². The van der Waals surface area contributed by atoms with Crippen LogP contribution in [0, 0.1) is 17.3 Å². The number of aliphatic hydroxyl groups excluding tert-OH is 1. The van der Waals surface area contributed by atoms with Crippen LogP contribution in [-0.2, 0) is 14.3 Å². The van der Waals surface area contributed by atoms with Gasteiger partial charge in [-0.2, -0.15) is 0 Å². The van der Waals surface area contributed by atoms with E-state index in [9.17, 15) is 9.90 Å². The Morgan fingerprint density at radius 2 is 2.03 bits per heavy atom. The van der Waals surface area contributed by atoms with Crippen molar-refractivity contribution in [1.82, 2.24) is 0 Å². The molecule has 158 valence electrons. The molecule has 4 nitrogen and oxygen atoms in total. The Labute approximate surface area is 174 Å². The Morgan fingerprint density at radius 3 is 2.59 bits per heavy atom. The third kappa shape index (κ3) is 2.48. The second-order valence-corrected chi connectivity index (χ2v) is 10.9. The fraction of sp³-hybridized carbons (Fsp3) is 0.720. The molecule has 2 saturated carbocycles. The van der Waals surface area contributed by atoms with Gasteiger partial charge >= 0.3 is 0 Å². The lowest BCUT2D eigenvalue weighted by Gasteiger charge is -2.45. The minimum absolute atomic E-state index is 0.0760. The van der Waals surface area contributed by atoms with Crippen LogP contribution in [0.4, 0.5) is 0 Å². The Morgan fingerprint density at radius 1 is 1.28 bits per heavy atom. The number of Topliss-reactive ketones (excluding diaryl/α,β-unsaturated/α-hetero) is 1. The summed E-state index contributed by atoms with van der Waals surface area (Å²) in [5.74, 6) is 2.02. The number of hydrogen-bond acceptors (Lipinski definition) is 4. The van der Waals surface area contributed by atoms with Gasteiger partial charge in [-0.15, -0.1) is 6.58 Å². The molecule has 2 heterocycles. The van der Waals surface area contributed by atoms with Crippen molar-refractivity contribution < 1.29 is 19.4 Å². The van der Waals surface area contributed by atoms with E-state index in [-0.39, 0.29) is 11.4 Å². The lowest BCUT2D eigenvalue weighted by molar-refractivity contribution is -0.130. The number of fused-ring (bicyclic) bond motifs is 3. The molecule has 0 aromatic carbocycles. The highest BCUT2D eigenvalue weighted by molar-refractivity contribution is 6.10. The molecule has 5 rings (SSSR count). The first kappa shape index (κ1) is 19.6. The van der Waals surface area contributed by atoms with Crippen LogP contribution in [0.15, 0.2) is 35.6 Å². The largest absolute Gasteiger partial charge is 0.487 e. The van der Waals surface area contributed by atoms with Crippen molar-refractivity contribution in [2.45, 2.75) is 95.5 Å². The van der Waals surface area contributed by atoms with E-state index in [2.05, 4.69) is 20.4 Å². The summed E-state index contributed by atoms with van der Waals surface area (Å²) < 4.78 is 13.4. The summed E-state index contributed by atoms with van der Waals surface area (Å²) in [4.78, 5) is 13.2. The molecule has 4 heteroatoms. The number of allylic oxidation sites excluding steroid dienone is 3. The highest BCUT2D eigenvalue weighted by Crippen LogP contribution is 2.74. The molecule has 0 radical (unpaired) electrons. The van der Waals surface area contributed by atoms with Gasteiger partial charge in [-0.3, -0.25) is 4.79 Å². The molecule has 0 aromatic heterocycles. The van der Waals surface area contributed by atoms with Crippen LogP contribution >= 0.6 is 0 Å². The van der Waals surface area contributed by atoms with Crippen molar-refractivity contribution in [1.29, 1.82) is 0 Å². The van der Waals surface area contributed by atoms with Gasteiger partial charge in [0, 0.05) is 23.5 Å². The second-order valence-electron chi connectivity index (χ2n) is 10.9. The molecule has 0 amide bonds. The standard InChI is InChI=1S/C25H34O4/c1-6-7-16-12-25(14-19(26)22(4,5)29-25)21-17(20(16)27)8-9-24(28-21)11-10-23(15(2)3)13-18(23)24/h6,12,15,18-19,26H,1,7-11,13-14H2,2-5H3/t18-,19+,23+,24+,25-/m1/s1. The molecule has 0 aromatic rings. The van der Waals surface area contributed by atoms with Crippen molar-refractivity contribution in [3.05, 3.63) is 35.6 Å². The Bertz CT molecular complexity index is 849. The van der Waals surface area contributed by atoms with Crippen molar-refractivity contribution in [2.24, 2.45) is 17.3 Å². The zero-order valence-electron chi connectivity index (χ0n) is 18.2. The number of rotatable bonds is 3. The first-order valence-corrected chi connectivity index (χ1v) is 11.3. The molecule has 2 spiro atoms. The molecule has 3 aliphatic carbocycles. The van der Waals surface area contributed by atoms with Gasteiger partial charge in [-0.25, -0.2) is 0 Å². The molecule has 5 aliphatic rings. The third-order valence-electron chi connectivity index (χ3n) is 8.76. The average molecular weight is 399 g/mol. The number of carbonyl (C=O) groups excluding carboxylic acids is 1. The van der Waals surface area contributed by atoms with E-state index in [0.717, 1.165) is 30.4 Å². The zero-order valence-corrected chi connectivity index (χ0v) is 18.2. The highest BCUT2D eigenvalue weighted by Gasteiger charge is 2.72. The van der Waals surface area contributed by atoms with Gasteiger partial charge < -0.3 is 14.6 Å². The molecular weight excluding hydrogens is 364 g/mol. The third-order valence-corrected chi connectivity index (χ3v) is 8.76. The number of hydrogen-bond donors (Lipinski definition) is 1. The number of ether oxygens (including phenoxy) is 2. The summed E-state index contributed by atoms with van der Waals surface area (Å²) in [6.07, 6.45) is 9.22. The van der Waals surface area contributed by atoms with E-state index in [1.807, 2.05) is 19.9 Å². The summed E-state index contributed by atoms with van der Waals surface area (Å²) in [7, 11) is 0. The molecular formula is C25H34O4. The lowest BCUT2D eigenvalue weighted by atomic mass is 9.76. The molecule has 2 aliphatic heterocycles. The molecule has 5 atom stereocenters. The van der Waals surface area contributed by atoms with E-state index in [0.29, 0.717) is 35.9 Å². The van der Waals surface area contributed by atoms with Gasteiger partial charge in [-0.1, -0.05) is 19.9 Å². The van der Waals surface area contributed by atoms with Gasteiger partial charge in [0.05, 0.1) is 11.7 Å². The van der Waals surface area contributed by atoms with Gasteiger partial charge in [-0.05, 0) is 69.8 Å². The lowest BCUT2D eigenvalue weighted by Crippen LogP contribution is -2.47. The van der Waals surface area contributed by atoms with Crippen molar-refractivity contribution >= 4 is 5.78 Å². The van der Waals surface area contributed by atoms with Crippen LogP contribution in [0.25, 0.3) is 0 Å². The minimum Gasteiger partial charge on any atom is -0.487 e. The van der Waals surface area contributed by atoms with Crippen LogP contribution in [0.2, 0.25) is 0 Å². The first-order chi connectivity index (χ1) is 13.6. The van der Waals surface area contributed by atoms with Gasteiger partial charge in [0.1, 0.15) is 17.0 Å². The van der Waals surface area contributed by atoms with E-state index in [4.69, 9.17) is 9.47 Å². The van der Waals surface area contributed by atoms with E-state index < -0.39 is 17.3 Å². The SMILES string of the molecule is C=CCC1=C[C@@]2(C[C@H](O)C(C)(C)O2)C2=C(CC[C@@]3(CC[C@@]4(C(C)C)C[C@@H]34)O2)C1=O. The monoisotopic (exact) mass is 398 g/mol. The van der Waals surface area contributed by atoms with Crippen molar-refractivity contribution in [3.8, 4) is 0 Å². The second kappa shape index (κ2) is 5.85. The molecule has 1 saturated heterocycles. The van der Waals surface area contributed by atoms with Crippen molar-refractivity contribution in [2.75, 3.05) is 0 Å².